The molecule has 1 aromatic heterocycles. The third kappa shape index (κ3) is 3.73. The molecule has 0 saturated carbocycles. The van der Waals surface area contributed by atoms with Crippen molar-refractivity contribution in [3.05, 3.63) is 38.8 Å². The van der Waals surface area contributed by atoms with E-state index in [1.165, 1.54) is 4.88 Å². The fourth-order valence-corrected chi connectivity index (χ4v) is 3.24. The first-order chi connectivity index (χ1) is 9.51. The van der Waals surface area contributed by atoms with E-state index in [1.807, 2.05) is 18.2 Å². The summed E-state index contributed by atoms with van der Waals surface area (Å²) in [6.07, 6.45) is 0.937. The summed E-state index contributed by atoms with van der Waals surface area (Å²) in [5.41, 5.74) is 2.18. The second kappa shape index (κ2) is 6.90. The monoisotopic (exact) mass is 328 g/mol. The van der Waals surface area contributed by atoms with Crippen LogP contribution in [0.5, 0.6) is 0 Å². The summed E-state index contributed by atoms with van der Waals surface area (Å²) in [6.45, 7) is 7.28. The van der Waals surface area contributed by atoms with E-state index in [0.717, 1.165) is 29.2 Å². The van der Waals surface area contributed by atoms with Gasteiger partial charge in [-0.1, -0.05) is 50.0 Å². The van der Waals surface area contributed by atoms with Crippen molar-refractivity contribution < 1.29 is 0 Å². The Morgan fingerprint density at radius 2 is 2.00 bits per heavy atom. The molecule has 1 N–H and O–H groups in total. The Morgan fingerprint density at radius 3 is 2.60 bits per heavy atom. The van der Waals surface area contributed by atoms with Gasteiger partial charge in [-0.05, 0) is 18.6 Å². The normalized spacial score (nSPS) is 11.3. The molecule has 0 amide bonds. The Balaban J connectivity index is 2.30. The molecule has 20 heavy (non-hydrogen) atoms. The number of hydrogen-bond donors (Lipinski definition) is 1. The average Bonchev–Trinajstić information content (AvgIpc) is 2.82. The summed E-state index contributed by atoms with van der Waals surface area (Å²) in [5, 5.41) is 5.59. The molecule has 0 bridgehead atoms. The van der Waals surface area contributed by atoms with Gasteiger partial charge in [-0.15, -0.1) is 11.3 Å². The van der Waals surface area contributed by atoms with Crippen LogP contribution in [0.25, 0.3) is 10.6 Å². The second-order valence-corrected chi connectivity index (χ2v) is 6.80. The lowest BCUT2D eigenvalue weighted by Crippen LogP contribution is -2.21. The fraction of sp³-hybridized carbons (Fsp3) is 0.400. The van der Waals surface area contributed by atoms with Crippen molar-refractivity contribution in [1.82, 2.24) is 10.3 Å². The van der Waals surface area contributed by atoms with Crippen LogP contribution >= 0.6 is 34.5 Å². The van der Waals surface area contributed by atoms with Gasteiger partial charge < -0.3 is 5.32 Å². The van der Waals surface area contributed by atoms with Crippen LogP contribution in [0.4, 0.5) is 0 Å². The van der Waals surface area contributed by atoms with E-state index in [4.69, 9.17) is 28.2 Å². The number of rotatable bonds is 5. The van der Waals surface area contributed by atoms with Crippen LogP contribution in [0.2, 0.25) is 10.0 Å². The van der Waals surface area contributed by atoms with Gasteiger partial charge in [-0.2, -0.15) is 0 Å². The van der Waals surface area contributed by atoms with Crippen LogP contribution in [0.1, 0.15) is 31.3 Å². The molecule has 0 saturated heterocycles. The molecule has 0 spiro atoms. The molecule has 0 radical (unpaired) electrons. The van der Waals surface area contributed by atoms with Gasteiger partial charge in [0.2, 0.25) is 0 Å². The van der Waals surface area contributed by atoms with Crippen LogP contribution in [0, 0.1) is 0 Å². The molecule has 1 heterocycles. The summed E-state index contributed by atoms with van der Waals surface area (Å²) >= 11 is 13.8. The maximum atomic E-state index is 6.08. The first kappa shape index (κ1) is 15.8. The molecular formula is C15H18Cl2N2S. The Labute approximate surface area is 134 Å². The molecule has 1 aromatic carbocycles. The molecule has 108 valence electrons. The van der Waals surface area contributed by atoms with E-state index >= 15 is 0 Å². The molecule has 5 heteroatoms. The van der Waals surface area contributed by atoms with Gasteiger partial charge in [0.15, 0.2) is 0 Å². The lowest BCUT2D eigenvalue weighted by molar-refractivity contribution is 0.590. The smallest absolute Gasteiger partial charge is 0.123 e. The highest BCUT2D eigenvalue weighted by Crippen LogP contribution is 2.32. The predicted octanol–water partition coefficient (Wildman–Crippen LogP) is 5.18. The summed E-state index contributed by atoms with van der Waals surface area (Å²) in [4.78, 5) is 6.02. The molecule has 0 aliphatic heterocycles. The highest BCUT2D eigenvalue weighted by atomic mass is 35.5. The van der Waals surface area contributed by atoms with Gasteiger partial charge >= 0.3 is 0 Å². The highest BCUT2D eigenvalue weighted by molar-refractivity contribution is 7.15. The average molecular weight is 329 g/mol. The summed E-state index contributed by atoms with van der Waals surface area (Å²) in [5.74, 6) is 0. The van der Waals surface area contributed by atoms with Gasteiger partial charge in [-0.25, -0.2) is 4.98 Å². The fourth-order valence-electron chi connectivity index (χ4n) is 1.85. The number of nitrogens with zero attached hydrogens (tertiary/aromatic N) is 1. The molecule has 0 aliphatic carbocycles. The van der Waals surface area contributed by atoms with Crippen LogP contribution in [0.3, 0.4) is 0 Å². The summed E-state index contributed by atoms with van der Waals surface area (Å²) < 4.78 is 0. The van der Waals surface area contributed by atoms with E-state index in [0.29, 0.717) is 16.1 Å². The first-order valence-corrected chi connectivity index (χ1v) is 8.26. The van der Waals surface area contributed by atoms with E-state index in [1.54, 1.807) is 11.3 Å². The molecule has 0 aliphatic rings. The van der Waals surface area contributed by atoms with Crippen molar-refractivity contribution in [2.45, 2.75) is 39.8 Å². The molecule has 2 rings (SSSR count). The molecule has 2 aromatic rings. The zero-order chi connectivity index (χ0) is 14.7. The largest absolute Gasteiger partial charge is 0.310 e. The van der Waals surface area contributed by atoms with Crippen LogP contribution in [-0.4, -0.2) is 11.0 Å². The van der Waals surface area contributed by atoms with Crippen LogP contribution in [-0.2, 0) is 13.0 Å². The van der Waals surface area contributed by atoms with Crippen LogP contribution < -0.4 is 5.32 Å². The van der Waals surface area contributed by atoms with Gasteiger partial charge in [-0.3, -0.25) is 0 Å². The number of thiazole rings is 1. The lowest BCUT2D eigenvalue weighted by Gasteiger charge is -2.06. The number of hydrogen-bond acceptors (Lipinski definition) is 3. The van der Waals surface area contributed by atoms with Crippen molar-refractivity contribution in [2.75, 3.05) is 0 Å². The number of aromatic nitrogens is 1. The number of nitrogens with one attached hydrogen (secondary N) is 1. The van der Waals surface area contributed by atoms with E-state index in [2.05, 4.69) is 26.1 Å². The van der Waals surface area contributed by atoms with Crippen LogP contribution in [0.15, 0.2) is 18.2 Å². The van der Waals surface area contributed by atoms with Gasteiger partial charge in [0.1, 0.15) is 5.01 Å². The zero-order valence-corrected chi connectivity index (χ0v) is 14.2. The van der Waals surface area contributed by atoms with E-state index < -0.39 is 0 Å². The standard InChI is InChI=1S/C15H18Cl2N2S/c1-4-13-14(8-18-9(2)3)20-15(19-13)10-5-6-11(16)12(17)7-10/h5-7,9,18H,4,8H2,1-3H3. The molecule has 2 nitrogen and oxygen atoms in total. The minimum Gasteiger partial charge on any atom is -0.310 e. The van der Waals surface area contributed by atoms with Crippen molar-refractivity contribution in [1.29, 1.82) is 0 Å². The Hall–Kier alpha value is -0.610. The highest BCUT2D eigenvalue weighted by Gasteiger charge is 2.12. The number of aryl methyl sites for hydroxylation is 1. The first-order valence-electron chi connectivity index (χ1n) is 6.68. The maximum Gasteiger partial charge on any atom is 0.123 e. The van der Waals surface area contributed by atoms with Gasteiger partial charge in [0.05, 0.1) is 15.7 Å². The SMILES string of the molecule is CCc1nc(-c2ccc(Cl)c(Cl)c2)sc1CNC(C)C. The van der Waals surface area contributed by atoms with Crippen molar-refractivity contribution in [3.63, 3.8) is 0 Å². The van der Waals surface area contributed by atoms with Gasteiger partial charge in [0, 0.05) is 23.0 Å². The number of benzene rings is 1. The molecule has 0 fully saturated rings. The van der Waals surface area contributed by atoms with Crippen molar-refractivity contribution >= 4 is 34.5 Å². The van der Waals surface area contributed by atoms with Crippen molar-refractivity contribution in [2.24, 2.45) is 0 Å². The van der Waals surface area contributed by atoms with Crippen molar-refractivity contribution in [3.8, 4) is 10.6 Å². The minimum atomic E-state index is 0.468. The Kier molecular flexibility index (Phi) is 5.44. The Bertz CT molecular complexity index is 594. The third-order valence-electron chi connectivity index (χ3n) is 2.95. The third-order valence-corrected chi connectivity index (χ3v) is 4.84. The molecule has 0 atom stereocenters. The Morgan fingerprint density at radius 1 is 1.25 bits per heavy atom. The quantitative estimate of drug-likeness (QED) is 0.818. The zero-order valence-electron chi connectivity index (χ0n) is 11.8. The van der Waals surface area contributed by atoms with E-state index in [9.17, 15) is 0 Å². The molecule has 0 unspecified atom stereocenters. The number of halogens is 2. The lowest BCUT2D eigenvalue weighted by atomic mass is 10.2. The van der Waals surface area contributed by atoms with E-state index in [-0.39, 0.29) is 0 Å². The minimum absolute atomic E-state index is 0.468. The maximum absolute atomic E-state index is 6.08. The summed E-state index contributed by atoms with van der Waals surface area (Å²) in [7, 11) is 0. The van der Waals surface area contributed by atoms with Gasteiger partial charge in [0.25, 0.3) is 0 Å². The summed E-state index contributed by atoms with van der Waals surface area (Å²) in [6, 6.07) is 6.13. The molecular weight excluding hydrogens is 311 g/mol. The second-order valence-electron chi connectivity index (χ2n) is 4.91. The topological polar surface area (TPSA) is 24.9 Å². The predicted molar refractivity (Wildman–Crippen MR) is 88.9 cm³/mol.